The zero-order valence-corrected chi connectivity index (χ0v) is 27.2. The Labute approximate surface area is 266 Å². The molecule has 1 aromatic rings. The molecule has 3 amide bonds. The number of hydrogen-bond acceptors (Lipinski definition) is 9. The van der Waals surface area contributed by atoms with Crippen molar-refractivity contribution in [1.82, 2.24) is 19.0 Å². The average molecular weight is 654 g/mol. The Balaban J connectivity index is 1.27. The SMILES string of the molecule is COC(=O)CCN1[C@H](C)CN(CCOC2CCC(N3C(=O)N(Sc4ccc(C#N)c(C(F)(F)F)c4)C(=O)C3(C)C)CC2)C[C@@H]1C. The molecule has 0 spiro atoms. The Kier molecular flexibility index (Phi) is 11.1. The Morgan fingerprint density at radius 2 is 1.73 bits per heavy atom. The number of hydrogen-bond donors (Lipinski definition) is 0. The summed E-state index contributed by atoms with van der Waals surface area (Å²) in [7, 11) is 1.40. The van der Waals surface area contributed by atoms with Gasteiger partial charge in [0.05, 0.1) is 43.4 Å². The highest BCUT2D eigenvalue weighted by atomic mass is 32.2. The minimum absolute atomic E-state index is 0.0406. The highest BCUT2D eigenvalue weighted by Gasteiger charge is 2.54. The normalized spacial score (nSPS) is 26.3. The van der Waals surface area contributed by atoms with Crippen LogP contribution in [0, 0.1) is 11.3 Å². The molecule has 1 saturated carbocycles. The summed E-state index contributed by atoms with van der Waals surface area (Å²) in [5.74, 6) is -0.700. The van der Waals surface area contributed by atoms with Gasteiger partial charge in [0.15, 0.2) is 0 Å². The maximum atomic E-state index is 13.5. The van der Waals surface area contributed by atoms with E-state index in [0.717, 1.165) is 48.9 Å². The molecule has 2 atom stereocenters. The number of carbonyl (C=O) groups is 3. The van der Waals surface area contributed by atoms with Crippen LogP contribution < -0.4 is 0 Å². The van der Waals surface area contributed by atoms with Gasteiger partial charge in [-0.05, 0) is 83.5 Å². The largest absolute Gasteiger partial charge is 0.469 e. The fourth-order valence-corrected chi connectivity index (χ4v) is 7.70. The second-order valence-corrected chi connectivity index (χ2v) is 13.6. The molecule has 2 saturated heterocycles. The quantitative estimate of drug-likeness (QED) is 0.198. The average Bonchev–Trinajstić information content (AvgIpc) is 3.15. The van der Waals surface area contributed by atoms with Gasteiger partial charge in [-0.2, -0.15) is 22.7 Å². The lowest BCUT2D eigenvalue weighted by molar-refractivity contribution is -0.141. The van der Waals surface area contributed by atoms with Crippen LogP contribution >= 0.6 is 11.9 Å². The van der Waals surface area contributed by atoms with Crippen molar-refractivity contribution in [3.63, 3.8) is 0 Å². The summed E-state index contributed by atoms with van der Waals surface area (Å²) in [4.78, 5) is 44.7. The number of rotatable bonds is 10. The number of urea groups is 1. The van der Waals surface area contributed by atoms with E-state index >= 15 is 0 Å². The van der Waals surface area contributed by atoms with Gasteiger partial charge in [-0.1, -0.05) is 0 Å². The van der Waals surface area contributed by atoms with E-state index in [0.29, 0.717) is 56.4 Å². The van der Waals surface area contributed by atoms with E-state index < -0.39 is 34.8 Å². The fraction of sp³-hybridized carbons (Fsp3) is 0.677. The van der Waals surface area contributed by atoms with Gasteiger partial charge in [-0.15, -0.1) is 0 Å². The molecule has 1 aliphatic carbocycles. The molecule has 248 valence electrons. The molecule has 1 aromatic carbocycles. The predicted molar refractivity (Wildman–Crippen MR) is 161 cm³/mol. The highest BCUT2D eigenvalue weighted by molar-refractivity contribution is 7.98. The molecule has 45 heavy (non-hydrogen) atoms. The standard InChI is InChI=1S/C31H42F3N5O5S/c1-20-18-36(19-21(2)37(20)13-12-27(40)43-5)14-15-44-24-9-7-23(8-10-24)38-29(42)39(28(41)30(38,3)4)45-25-11-6-22(17-35)26(16-25)31(32,33)34/h6,11,16,20-21,23-24H,7-10,12-15,18-19H2,1-5H3/t20-,21+,23?,24?. The minimum atomic E-state index is -4.74. The van der Waals surface area contributed by atoms with Crippen LogP contribution in [-0.2, 0) is 25.2 Å². The fourth-order valence-electron chi connectivity index (χ4n) is 6.72. The summed E-state index contributed by atoms with van der Waals surface area (Å²) in [5.41, 5.74) is -2.79. The van der Waals surface area contributed by atoms with Crippen LogP contribution in [0.25, 0.3) is 0 Å². The van der Waals surface area contributed by atoms with E-state index in [1.54, 1.807) is 18.7 Å². The predicted octanol–water partition coefficient (Wildman–Crippen LogP) is 4.91. The molecule has 14 heteroatoms. The Morgan fingerprint density at radius 3 is 2.31 bits per heavy atom. The molecular weight excluding hydrogens is 611 g/mol. The molecule has 2 heterocycles. The first-order valence-corrected chi connectivity index (χ1v) is 16.1. The number of nitrogens with zero attached hydrogens (tertiary/aromatic N) is 5. The lowest BCUT2D eigenvalue weighted by atomic mass is 9.89. The number of piperazine rings is 1. The summed E-state index contributed by atoms with van der Waals surface area (Å²) < 4.78 is 52.4. The van der Waals surface area contributed by atoms with Gasteiger partial charge >= 0.3 is 18.2 Å². The van der Waals surface area contributed by atoms with Crippen LogP contribution in [0.15, 0.2) is 23.1 Å². The highest BCUT2D eigenvalue weighted by Crippen LogP contribution is 2.42. The lowest BCUT2D eigenvalue weighted by Crippen LogP contribution is -2.57. The number of imide groups is 1. The third-order valence-corrected chi connectivity index (χ3v) is 10.0. The van der Waals surface area contributed by atoms with Gasteiger partial charge in [0.1, 0.15) is 5.54 Å². The molecule has 0 bridgehead atoms. The summed E-state index contributed by atoms with van der Waals surface area (Å²) >= 11 is 0.648. The van der Waals surface area contributed by atoms with Gasteiger partial charge < -0.3 is 14.4 Å². The van der Waals surface area contributed by atoms with Crippen LogP contribution in [0.2, 0.25) is 0 Å². The van der Waals surface area contributed by atoms with Gasteiger partial charge in [0.25, 0.3) is 5.91 Å². The number of nitriles is 1. The molecule has 10 nitrogen and oxygen atoms in total. The van der Waals surface area contributed by atoms with Crippen molar-refractivity contribution in [1.29, 1.82) is 5.26 Å². The number of carbonyl (C=O) groups excluding carboxylic acids is 3. The molecule has 0 aromatic heterocycles. The zero-order chi connectivity index (χ0) is 33.1. The molecule has 4 rings (SSSR count). The third-order valence-electron chi connectivity index (χ3n) is 9.05. The number of halogens is 3. The summed E-state index contributed by atoms with van der Waals surface area (Å²) in [6.45, 7) is 11.5. The first-order chi connectivity index (χ1) is 21.2. The second-order valence-electron chi connectivity index (χ2n) is 12.5. The van der Waals surface area contributed by atoms with Crippen molar-refractivity contribution in [2.75, 3.05) is 39.9 Å². The smallest absolute Gasteiger partial charge is 0.417 e. The Bertz CT molecular complexity index is 1290. The molecule has 0 radical (unpaired) electrons. The first-order valence-electron chi connectivity index (χ1n) is 15.3. The van der Waals surface area contributed by atoms with Crippen LogP contribution in [0.1, 0.15) is 70.9 Å². The molecule has 3 aliphatic rings. The number of ether oxygens (including phenoxy) is 2. The number of esters is 1. The van der Waals surface area contributed by atoms with Crippen molar-refractivity contribution < 1.29 is 37.0 Å². The molecule has 0 unspecified atom stereocenters. The lowest BCUT2D eigenvalue weighted by Gasteiger charge is -2.44. The number of alkyl halides is 3. The van der Waals surface area contributed by atoms with Crippen LogP contribution in [0.4, 0.5) is 18.0 Å². The monoisotopic (exact) mass is 653 g/mol. The van der Waals surface area contributed by atoms with Gasteiger partial charge in [-0.3, -0.25) is 19.4 Å². The van der Waals surface area contributed by atoms with Gasteiger partial charge in [0, 0.05) is 49.2 Å². The van der Waals surface area contributed by atoms with E-state index in [2.05, 4.69) is 23.6 Å². The van der Waals surface area contributed by atoms with Gasteiger partial charge in [-0.25, -0.2) is 4.79 Å². The Morgan fingerprint density at radius 1 is 1.09 bits per heavy atom. The number of methoxy groups -OCH3 is 1. The van der Waals surface area contributed by atoms with E-state index in [4.69, 9.17) is 14.7 Å². The van der Waals surface area contributed by atoms with E-state index in [1.165, 1.54) is 19.2 Å². The maximum Gasteiger partial charge on any atom is 0.417 e. The number of amides is 3. The molecule has 0 N–H and O–H groups in total. The van der Waals surface area contributed by atoms with E-state index in [9.17, 15) is 27.6 Å². The van der Waals surface area contributed by atoms with Crippen molar-refractivity contribution in [3.05, 3.63) is 29.3 Å². The summed E-state index contributed by atoms with van der Waals surface area (Å²) in [6.07, 6.45) is -1.58. The second kappa shape index (κ2) is 14.3. The zero-order valence-electron chi connectivity index (χ0n) is 26.4. The molecule has 3 fully saturated rings. The maximum absolute atomic E-state index is 13.5. The van der Waals surface area contributed by atoms with Crippen LogP contribution in [0.3, 0.4) is 0 Å². The molecular formula is C31H42F3N5O5S. The molecule has 2 aliphatic heterocycles. The van der Waals surface area contributed by atoms with Crippen LogP contribution in [-0.4, -0.2) is 107 Å². The van der Waals surface area contributed by atoms with E-state index in [-0.39, 0.29) is 23.0 Å². The first kappa shape index (κ1) is 35.0. The minimum Gasteiger partial charge on any atom is -0.469 e. The van der Waals surface area contributed by atoms with Crippen molar-refractivity contribution in [2.45, 2.75) is 101 Å². The van der Waals surface area contributed by atoms with Crippen LogP contribution in [0.5, 0.6) is 0 Å². The Hall–Kier alpha value is -2.86. The third kappa shape index (κ3) is 7.93. The van der Waals surface area contributed by atoms with E-state index in [1.807, 2.05) is 0 Å². The number of benzene rings is 1. The van der Waals surface area contributed by atoms with Crippen molar-refractivity contribution in [2.24, 2.45) is 0 Å². The van der Waals surface area contributed by atoms with Crippen molar-refractivity contribution in [3.8, 4) is 6.07 Å². The van der Waals surface area contributed by atoms with Gasteiger partial charge in [0.2, 0.25) is 0 Å². The van der Waals surface area contributed by atoms with Crippen molar-refractivity contribution >= 4 is 29.9 Å². The summed E-state index contributed by atoms with van der Waals surface area (Å²) in [6, 6.07) is 4.56. The topological polar surface area (TPSA) is 106 Å². The summed E-state index contributed by atoms with van der Waals surface area (Å²) in [5, 5.41) is 9.07.